The van der Waals surface area contributed by atoms with Crippen molar-refractivity contribution in [3.8, 4) is 0 Å². The zero-order valence-corrected chi connectivity index (χ0v) is 12.9. The molecule has 0 radical (unpaired) electrons. The third-order valence-electron chi connectivity index (χ3n) is 3.22. The molecule has 0 unspecified atom stereocenters. The summed E-state index contributed by atoms with van der Waals surface area (Å²) in [6.45, 7) is 5.30. The van der Waals surface area contributed by atoms with Gasteiger partial charge in [-0.2, -0.15) is 4.31 Å². The van der Waals surface area contributed by atoms with Crippen molar-refractivity contribution in [2.45, 2.75) is 25.2 Å². The molecule has 1 saturated heterocycles. The van der Waals surface area contributed by atoms with E-state index in [1.165, 1.54) is 0 Å². The lowest BCUT2D eigenvalue weighted by Gasteiger charge is -2.20. The summed E-state index contributed by atoms with van der Waals surface area (Å²) in [6, 6.07) is 4.78. The molecule has 6 heteroatoms. The molecule has 4 nitrogen and oxygen atoms in total. The van der Waals surface area contributed by atoms with E-state index in [4.69, 9.17) is 5.73 Å². The van der Waals surface area contributed by atoms with E-state index in [0.717, 1.165) is 6.42 Å². The van der Waals surface area contributed by atoms with Gasteiger partial charge in [-0.1, -0.05) is 13.8 Å². The highest BCUT2D eigenvalue weighted by molar-refractivity contribution is 9.10. The second-order valence-corrected chi connectivity index (χ2v) is 8.20. The van der Waals surface area contributed by atoms with Gasteiger partial charge in [0.25, 0.3) is 0 Å². The van der Waals surface area contributed by atoms with E-state index in [0.29, 0.717) is 23.2 Å². The Hall–Kier alpha value is -0.590. The van der Waals surface area contributed by atoms with Gasteiger partial charge in [-0.15, -0.1) is 0 Å². The lowest BCUT2D eigenvalue weighted by Crippen LogP contribution is -2.30. The molecule has 0 aliphatic carbocycles. The van der Waals surface area contributed by atoms with Crippen molar-refractivity contribution in [2.75, 3.05) is 18.8 Å². The molecule has 0 aromatic heterocycles. The molecule has 2 rings (SSSR count). The van der Waals surface area contributed by atoms with E-state index in [1.54, 1.807) is 22.5 Å². The summed E-state index contributed by atoms with van der Waals surface area (Å²) < 4.78 is 27.1. The summed E-state index contributed by atoms with van der Waals surface area (Å²) in [5.41, 5.74) is 6.22. The Morgan fingerprint density at radius 2 is 2.06 bits per heavy atom. The van der Waals surface area contributed by atoms with Crippen LogP contribution in [0.4, 0.5) is 5.69 Å². The summed E-state index contributed by atoms with van der Waals surface area (Å²) >= 11 is 3.27. The predicted molar refractivity (Wildman–Crippen MR) is 75.7 cm³/mol. The molecular formula is C12H17BrN2O2S. The number of halogens is 1. The van der Waals surface area contributed by atoms with Gasteiger partial charge in [-0.3, -0.25) is 0 Å². The van der Waals surface area contributed by atoms with Crippen molar-refractivity contribution in [3.63, 3.8) is 0 Å². The minimum Gasteiger partial charge on any atom is -0.399 e. The van der Waals surface area contributed by atoms with Crippen molar-refractivity contribution < 1.29 is 8.42 Å². The zero-order valence-electron chi connectivity index (χ0n) is 10.5. The van der Waals surface area contributed by atoms with Crippen molar-refractivity contribution in [1.82, 2.24) is 4.31 Å². The van der Waals surface area contributed by atoms with Crippen LogP contribution in [0.25, 0.3) is 0 Å². The summed E-state index contributed by atoms with van der Waals surface area (Å²) in [4.78, 5) is 0.286. The molecule has 18 heavy (non-hydrogen) atoms. The van der Waals surface area contributed by atoms with E-state index >= 15 is 0 Å². The smallest absolute Gasteiger partial charge is 0.244 e. The van der Waals surface area contributed by atoms with Gasteiger partial charge in [0.2, 0.25) is 10.0 Å². The van der Waals surface area contributed by atoms with E-state index in [9.17, 15) is 8.42 Å². The van der Waals surface area contributed by atoms with Gasteiger partial charge in [0.05, 0.1) is 4.90 Å². The minimum atomic E-state index is -3.43. The molecule has 1 fully saturated rings. The average molecular weight is 333 g/mol. The first kappa shape index (κ1) is 13.8. The third-order valence-corrected chi connectivity index (χ3v) is 6.04. The first-order valence-corrected chi connectivity index (χ1v) is 8.01. The van der Waals surface area contributed by atoms with Crippen LogP contribution in [0, 0.1) is 5.41 Å². The van der Waals surface area contributed by atoms with Gasteiger partial charge in [0.15, 0.2) is 0 Å². The van der Waals surface area contributed by atoms with Crippen molar-refractivity contribution >= 4 is 31.6 Å². The highest BCUT2D eigenvalue weighted by Crippen LogP contribution is 2.35. The second-order valence-electron chi connectivity index (χ2n) is 5.44. The van der Waals surface area contributed by atoms with Crippen molar-refractivity contribution in [1.29, 1.82) is 0 Å². The Morgan fingerprint density at radius 1 is 1.39 bits per heavy atom. The van der Waals surface area contributed by atoms with Gasteiger partial charge < -0.3 is 5.73 Å². The van der Waals surface area contributed by atoms with Crippen LogP contribution in [0.2, 0.25) is 0 Å². The number of nitrogens with zero attached hydrogens (tertiary/aromatic N) is 1. The zero-order chi connectivity index (χ0) is 13.6. The lowest BCUT2D eigenvalue weighted by atomic mass is 9.93. The van der Waals surface area contributed by atoms with Gasteiger partial charge in [0.1, 0.15) is 0 Å². The average Bonchev–Trinajstić information content (AvgIpc) is 2.58. The number of nitrogens with two attached hydrogens (primary N) is 1. The summed E-state index contributed by atoms with van der Waals surface area (Å²) in [5, 5.41) is 0. The molecule has 1 aromatic carbocycles. The maximum absolute atomic E-state index is 12.5. The standard InChI is InChI=1S/C12H17BrN2O2S/c1-12(2)5-6-15(8-12)18(16,17)11-4-3-9(14)7-10(11)13/h3-4,7H,5-6,8,14H2,1-2H3. The quantitative estimate of drug-likeness (QED) is 0.846. The molecule has 0 atom stereocenters. The monoisotopic (exact) mass is 332 g/mol. The van der Waals surface area contributed by atoms with E-state index < -0.39 is 10.0 Å². The van der Waals surface area contributed by atoms with Crippen LogP contribution in [0.3, 0.4) is 0 Å². The number of anilines is 1. The largest absolute Gasteiger partial charge is 0.399 e. The molecule has 0 spiro atoms. The normalized spacial score (nSPS) is 20.2. The molecule has 2 N–H and O–H groups in total. The van der Waals surface area contributed by atoms with E-state index in [-0.39, 0.29) is 10.3 Å². The number of hydrogen-bond donors (Lipinski definition) is 1. The van der Waals surface area contributed by atoms with Crippen LogP contribution in [0.1, 0.15) is 20.3 Å². The van der Waals surface area contributed by atoms with Crippen LogP contribution in [-0.4, -0.2) is 25.8 Å². The molecule has 1 aliphatic rings. The first-order valence-electron chi connectivity index (χ1n) is 5.78. The Balaban J connectivity index is 2.38. The Kier molecular flexibility index (Phi) is 3.46. The van der Waals surface area contributed by atoms with Crippen LogP contribution < -0.4 is 5.73 Å². The fourth-order valence-corrected chi connectivity index (χ4v) is 4.82. The first-order chi connectivity index (χ1) is 8.22. The topological polar surface area (TPSA) is 63.4 Å². The van der Waals surface area contributed by atoms with Gasteiger partial charge in [0, 0.05) is 23.2 Å². The predicted octanol–water partition coefficient (Wildman–Crippen LogP) is 2.45. The van der Waals surface area contributed by atoms with E-state index in [1.807, 2.05) is 0 Å². The minimum absolute atomic E-state index is 0.0490. The molecule has 1 aliphatic heterocycles. The van der Waals surface area contributed by atoms with Crippen LogP contribution >= 0.6 is 15.9 Å². The lowest BCUT2D eigenvalue weighted by molar-refractivity contribution is 0.375. The third kappa shape index (κ3) is 2.55. The highest BCUT2D eigenvalue weighted by atomic mass is 79.9. The fourth-order valence-electron chi connectivity index (χ4n) is 2.13. The van der Waals surface area contributed by atoms with Gasteiger partial charge in [-0.05, 0) is 46.0 Å². The van der Waals surface area contributed by atoms with Crippen LogP contribution in [0.15, 0.2) is 27.6 Å². The molecule has 0 bridgehead atoms. The molecule has 1 heterocycles. The summed E-state index contributed by atoms with van der Waals surface area (Å²) in [5.74, 6) is 0. The van der Waals surface area contributed by atoms with Crippen molar-refractivity contribution in [3.05, 3.63) is 22.7 Å². The Labute approximate surface area is 116 Å². The Morgan fingerprint density at radius 3 is 2.56 bits per heavy atom. The van der Waals surface area contributed by atoms with Gasteiger partial charge >= 0.3 is 0 Å². The van der Waals surface area contributed by atoms with Crippen LogP contribution in [-0.2, 0) is 10.0 Å². The molecular weight excluding hydrogens is 316 g/mol. The molecule has 0 amide bonds. The van der Waals surface area contributed by atoms with Crippen molar-refractivity contribution in [2.24, 2.45) is 5.41 Å². The van der Waals surface area contributed by atoms with Crippen LogP contribution in [0.5, 0.6) is 0 Å². The number of sulfonamides is 1. The molecule has 100 valence electrons. The molecule has 0 saturated carbocycles. The Bertz CT molecular complexity index is 569. The SMILES string of the molecule is CC1(C)CCN(S(=O)(=O)c2ccc(N)cc2Br)C1. The maximum Gasteiger partial charge on any atom is 0.244 e. The second kappa shape index (κ2) is 4.51. The number of hydrogen-bond acceptors (Lipinski definition) is 3. The number of rotatable bonds is 2. The molecule has 1 aromatic rings. The highest BCUT2D eigenvalue weighted by Gasteiger charge is 2.37. The fraction of sp³-hybridized carbons (Fsp3) is 0.500. The van der Waals surface area contributed by atoms with Gasteiger partial charge in [-0.25, -0.2) is 8.42 Å². The summed E-state index contributed by atoms with van der Waals surface area (Å²) in [7, 11) is -3.43. The number of nitrogen functional groups attached to an aromatic ring is 1. The van der Waals surface area contributed by atoms with E-state index in [2.05, 4.69) is 29.8 Å². The summed E-state index contributed by atoms with van der Waals surface area (Å²) in [6.07, 6.45) is 0.888. The maximum atomic E-state index is 12.5. The number of benzene rings is 1.